The monoisotopic (exact) mass is 466 g/mol. The molecule has 2 aromatic carbocycles. The summed E-state index contributed by atoms with van der Waals surface area (Å²) in [5.41, 5.74) is 3.70. The Hall–Kier alpha value is -4.44. The molecule has 0 unspecified atom stereocenters. The molecule has 0 atom stereocenters. The average molecular weight is 467 g/mol. The van der Waals surface area contributed by atoms with Crippen LogP contribution in [-0.4, -0.2) is 39.1 Å². The summed E-state index contributed by atoms with van der Waals surface area (Å²) in [6.07, 6.45) is 3.56. The Bertz CT molecular complexity index is 1370. The van der Waals surface area contributed by atoms with Crippen LogP contribution < -0.4 is 4.74 Å². The van der Waals surface area contributed by atoms with E-state index in [2.05, 4.69) is 0 Å². The highest BCUT2D eigenvalue weighted by Gasteiger charge is 2.37. The molecule has 0 saturated carbocycles. The van der Waals surface area contributed by atoms with Gasteiger partial charge < -0.3 is 4.74 Å². The Morgan fingerprint density at radius 3 is 2.34 bits per heavy atom. The number of hydrogen-bond acceptors (Lipinski definition) is 5. The number of para-hydroxylation sites is 1. The van der Waals surface area contributed by atoms with E-state index in [4.69, 9.17) is 9.84 Å². The minimum atomic E-state index is -0.561. The summed E-state index contributed by atoms with van der Waals surface area (Å²) in [7, 11) is 0. The van der Waals surface area contributed by atoms with Crippen LogP contribution in [0.3, 0.4) is 0 Å². The molecule has 2 heterocycles. The number of ether oxygens (including phenoxy) is 1. The van der Waals surface area contributed by atoms with Crippen LogP contribution in [0.2, 0.25) is 0 Å². The maximum atomic E-state index is 13.3. The Kier molecular flexibility index (Phi) is 6.65. The number of amides is 2. The van der Waals surface area contributed by atoms with E-state index < -0.39 is 11.8 Å². The molecule has 176 valence electrons. The van der Waals surface area contributed by atoms with E-state index in [1.807, 2.05) is 73.8 Å². The first-order chi connectivity index (χ1) is 16.8. The van der Waals surface area contributed by atoms with Gasteiger partial charge in [0.1, 0.15) is 17.4 Å². The molecule has 7 heteroatoms. The summed E-state index contributed by atoms with van der Waals surface area (Å²) in [6.45, 7) is 7.64. The Balaban J connectivity index is 1.90. The lowest BCUT2D eigenvalue weighted by Gasteiger charge is -2.30. The molecule has 1 aliphatic heterocycles. The molecule has 1 aliphatic rings. The van der Waals surface area contributed by atoms with Gasteiger partial charge in [-0.25, -0.2) is 4.68 Å². The van der Waals surface area contributed by atoms with Crippen molar-refractivity contribution in [2.75, 3.05) is 6.61 Å². The van der Waals surface area contributed by atoms with Crippen LogP contribution in [0.4, 0.5) is 0 Å². The number of carbonyl (C=O) groups excluding carboxylic acids is 2. The van der Waals surface area contributed by atoms with E-state index in [9.17, 15) is 14.9 Å². The molecule has 2 amide bonds. The van der Waals surface area contributed by atoms with Gasteiger partial charge in [0.15, 0.2) is 0 Å². The fourth-order valence-electron chi connectivity index (χ4n) is 4.03. The number of rotatable bonds is 6. The standard InChI is InChI=1S/C28H26N4O3/c1-5-35-23-13-11-20(12-14-23)26-21(17-31(30-26)22-9-7-6-8-10-22)15-24-19(4)25(16-29)28(34)32(18(2)3)27(24)33/h6-15,17-18H,5H2,1-4H3/b24-15+. The minimum absolute atomic E-state index is 0.0254. The molecule has 4 rings (SSSR count). The van der Waals surface area contributed by atoms with Crippen molar-refractivity contribution in [3.8, 4) is 28.8 Å². The highest BCUT2D eigenvalue weighted by Crippen LogP contribution is 2.32. The highest BCUT2D eigenvalue weighted by atomic mass is 16.5. The normalized spacial score (nSPS) is 15.2. The fourth-order valence-corrected chi connectivity index (χ4v) is 4.03. The molecule has 0 spiro atoms. The van der Waals surface area contributed by atoms with Crippen molar-refractivity contribution in [2.45, 2.75) is 33.7 Å². The van der Waals surface area contributed by atoms with Gasteiger partial charge in [-0.3, -0.25) is 14.5 Å². The lowest BCUT2D eigenvalue weighted by atomic mass is 9.92. The van der Waals surface area contributed by atoms with E-state index in [0.29, 0.717) is 29.0 Å². The average Bonchev–Trinajstić information content (AvgIpc) is 3.27. The van der Waals surface area contributed by atoms with Gasteiger partial charge in [-0.05, 0) is 75.7 Å². The van der Waals surface area contributed by atoms with Gasteiger partial charge in [0, 0.05) is 28.9 Å². The van der Waals surface area contributed by atoms with Crippen LogP contribution in [0.1, 0.15) is 33.3 Å². The van der Waals surface area contributed by atoms with Gasteiger partial charge in [0.25, 0.3) is 11.8 Å². The van der Waals surface area contributed by atoms with E-state index in [0.717, 1.165) is 21.9 Å². The maximum absolute atomic E-state index is 13.3. The smallest absolute Gasteiger partial charge is 0.271 e. The summed E-state index contributed by atoms with van der Waals surface area (Å²) in [5.74, 6) is -0.231. The van der Waals surface area contributed by atoms with Crippen molar-refractivity contribution in [1.29, 1.82) is 5.26 Å². The van der Waals surface area contributed by atoms with Crippen molar-refractivity contribution < 1.29 is 14.3 Å². The van der Waals surface area contributed by atoms with E-state index in [1.54, 1.807) is 31.5 Å². The number of nitriles is 1. The van der Waals surface area contributed by atoms with Crippen LogP contribution in [0, 0.1) is 11.3 Å². The summed E-state index contributed by atoms with van der Waals surface area (Å²) in [6, 6.07) is 18.8. The third kappa shape index (κ3) is 4.51. The lowest BCUT2D eigenvalue weighted by molar-refractivity contribution is -0.142. The van der Waals surface area contributed by atoms with Gasteiger partial charge in [0.2, 0.25) is 0 Å². The molecule has 3 aromatic rings. The fraction of sp³-hybridized carbons (Fsp3) is 0.214. The van der Waals surface area contributed by atoms with E-state index >= 15 is 0 Å². The first-order valence-corrected chi connectivity index (χ1v) is 11.4. The zero-order valence-corrected chi connectivity index (χ0v) is 20.1. The van der Waals surface area contributed by atoms with E-state index in [1.165, 1.54) is 0 Å². The second-order valence-corrected chi connectivity index (χ2v) is 8.41. The molecule has 0 N–H and O–H groups in total. The zero-order chi connectivity index (χ0) is 25.1. The van der Waals surface area contributed by atoms with Crippen LogP contribution in [0.15, 0.2) is 77.5 Å². The van der Waals surface area contributed by atoms with Gasteiger partial charge in [0.05, 0.1) is 18.0 Å². The van der Waals surface area contributed by atoms with Crippen molar-refractivity contribution in [1.82, 2.24) is 14.7 Å². The highest BCUT2D eigenvalue weighted by molar-refractivity contribution is 6.20. The summed E-state index contributed by atoms with van der Waals surface area (Å²) >= 11 is 0. The minimum Gasteiger partial charge on any atom is -0.494 e. The SMILES string of the molecule is CCOc1ccc(-c2nn(-c3ccccc3)cc2/C=C2/C(=O)N(C(C)C)C(=O)C(C#N)=C2C)cc1. The van der Waals surface area contributed by atoms with Gasteiger partial charge in [-0.1, -0.05) is 18.2 Å². The number of benzene rings is 2. The molecule has 0 aliphatic carbocycles. The molecule has 35 heavy (non-hydrogen) atoms. The molecule has 0 bridgehead atoms. The van der Waals surface area contributed by atoms with Crippen LogP contribution in [0.25, 0.3) is 23.0 Å². The molecular weight excluding hydrogens is 440 g/mol. The Morgan fingerprint density at radius 1 is 1.06 bits per heavy atom. The number of carbonyl (C=O) groups is 2. The Labute approximate surface area is 204 Å². The van der Waals surface area contributed by atoms with Gasteiger partial charge in [-0.15, -0.1) is 0 Å². The quantitative estimate of drug-likeness (QED) is 0.379. The van der Waals surface area contributed by atoms with Crippen molar-refractivity contribution >= 4 is 17.9 Å². The van der Waals surface area contributed by atoms with Crippen LogP contribution in [-0.2, 0) is 9.59 Å². The second kappa shape index (κ2) is 9.82. The summed E-state index contributed by atoms with van der Waals surface area (Å²) < 4.78 is 7.31. The summed E-state index contributed by atoms with van der Waals surface area (Å²) in [5, 5.41) is 14.4. The topological polar surface area (TPSA) is 88.2 Å². The van der Waals surface area contributed by atoms with Crippen molar-refractivity contribution in [2.24, 2.45) is 0 Å². The molecule has 7 nitrogen and oxygen atoms in total. The van der Waals surface area contributed by atoms with Crippen LogP contribution >= 0.6 is 0 Å². The van der Waals surface area contributed by atoms with Gasteiger partial charge in [-0.2, -0.15) is 10.4 Å². The second-order valence-electron chi connectivity index (χ2n) is 8.41. The molecule has 1 aromatic heterocycles. The molecular formula is C28H26N4O3. The predicted octanol–water partition coefficient (Wildman–Crippen LogP) is 4.94. The van der Waals surface area contributed by atoms with Gasteiger partial charge >= 0.3 is 0 Å². The third-order valence-electron chi connectivity index (χ3n) is 5.79. The number of imide groups is 1. The maximum Gasteiger partial charge on any atom is 0.271 e. The van der Waals surface area contributed by atoms with Crippen LogP contribution in [0.5, 0.6) is 5.75 Å². The largest absolute Gasteiger partial charge is 0.494 e. The molecule has 0 saturated heterocycles. The van der Waals surface area contributed by atoms with Crippen molar-refractivity contribution in [3.05, 3.63) is 83.1 Å². The third-order valence-corrected chi connectivity index (χ3v) is 5.79. The number of nitrogens with zero attached hydrogens (tertiary/aromatic N) is 4. The van der Waals surface area contributed by atoms with E-state index in [-0.39, 0.29) is 11.6 Å². The number of aromatic nitrogens is 2. The molecule has 0 fully saturated rings. The first-order valence-electron chi connectivity index (χ1n) is 11.4. The first kappa shape index (κ1) is 23.7. The predicted molar refractivity (Wildman–Crippen MR) is 133 cm³/mol. The zero-order valence-electron chi connectivity index (χ0n) is 20.1. The molecule has 0 radical (unpaired) electrons. The lowest BCUT2D eigenvalue weighted by Crippen LogP contribution is -2.46. The summed E-state index contributed by atoms with van der Waals surface area (Å²) in [4.78, 5) is 27.2. The Morgan fingerprint density at radius 2 is 1.74 bits per heavy atom. The number of hydrogen-bond donors (Lipinski definition) is 0. The van der Waals surface area contributed by atoms with Crippen molar-refractivity contribution in [3.63, 3.8) is 0 Å².